The van der Waals surface area contributed by atoms with Gasteiger partial charge in [0.25, 0.3) is 0 Å². The first kappa shape index (κ1) is 15.0. The van der Waals surface area contributed by atoms with Crippen molar-refractivity contribution in [2.75, 3.05) is 18.0 Å². The Bertz CT molecular complexity index is 503. The van der Waals surface area contributed by atoms with Gasteiger partial charge < -0.3 is 10.0 Å². The number of rotatable bonds is 6. The van der Waals surface area contributed by atoms with Crippen molar-refractivity contribution in [2.45, 2.75) is 20.8 Å². The van der Waals surface area contributed by atoms with Gasteiger partial charge in [-0.25, -0.2) is 4.79 Å². The Balaban J connectivity index is 2.98. The van der Waals surface area contributed by atoms with E-state index in [0.717, 1.165) is 41.6 Å². The molecule has 0 saturated carbocycles. The molecule has 1 aromatic rings. The topological polar surface area (TPSA) is 40.5 Å². The lowest BCUT2D eigenvalue weighted by molar-refractivity contribution is -0.131. The number of benzene rings is 1. The SMILES string of the molecule is C=C(C)CN(CC)c1ccc(C=CC(=O)O)cc1C. The third-order valence-electron chi connectivity index (χ3n) is 2.82. The van der Waals surface area contributed by atoms with E-state index in [2.05, 4.69) is 18.4 Å². The van der Waals surface area contributed by atoms with E-state index >= 15 is 0 Å². The van der Waals surface area contributed by atoms with E-state index in [1.807, 2.05) is 32.0 Å². The zero-order valence-electron chi connectivity index (χ0n) is 11.8. The van der Waals surface area contributed by atoms with E-state index in [9.17, 15) is 4.79 Å². The molecule has 0 aliphatic rings. The third-order valence-corrected chi connectivity index (χ3v) is 2.82. The maximum Gasteiger partial charge on any atom is 0.328 e. The molecule has 0 fully saturated rings. The summed E-state index contributed by atoms with van der Waals surface area (Å²) in [6, 6.07) is 5.96. The molecule has 0 amide bonds. The molecule has 0 aliphatic carbocycles. The van der Waals surface area contributed by atoms with Gasteiger partial charge in [0.15, 0.2) is 0 Å². The fourth-order valence-corrected chi connectivity index (χ4v) is 2.00. The Hall–Kier alpha value is -2.03. The van der Waals surface area contributed by atoms with Crippen molar-refractivity contribution >= 4 is 17.7 Å². The van der Waals surface area contributed by atoms with E-state index in [1.54, 1.807) is 6.08 Å². The van der Waals surface area contributed by atoms with E-state index in [4.69, 9.17) is 5.11 Å². The van der Waals surface area contributed by atoms with E-state index in [-0.39, 0.29) is 0 Å². The molecule has 0 bridgehead atoms. The molecular formula is C16H21NO2. The first-order valence-corrected chi connectivity index (χ1v) is 6.35. The molecule has 0 heterocycles. The van der Waals surface area contributed by atoms with Gasteiger partial charge in [0.2, 0.25) is 0 Å². The lowest BCUT2D eigenvalue weighted by Gasteiger charge is -2.25. The van der Waals surface area contributed by atoms with Gasteiger partial charge in [0, 0.05) is 24.9 Å². The second-order valence-electron chi connectivity index (χ2n) is 4.69. The van der Waals surface area contributed by atoms with E-state index < -0.39 is 5.97 Å². The van der Waals surface area contributed by atoms with Crippen molar-refractivity contribution in [3.8, 4) is 0 Å². The van der Waals surface area contributed by atoms with Gasteiger partial charge in [0.05, 0.1) is 0 Å². The molecule has 0 aromatic heterocycles. The highest BCUT2D eigenvalue weighted by Gasteiger charge is 2.07. The molecule has 0 spiro atoms. The van der Waals surface area contributed by atoms with Crippen LogP contribution in [0.5, 0.6) is 0 Å². The van der Waals surface area contributed by atoms with Crippen LogP contribution in [0.2, 0.25) is 0 Å². The Labute approximate surface area is 114 Å². The summed E-state index contributed by atoms with van der Waals surface area (Å²) in [5, 5.41) is 8.62. The zero-order valence-corrected chi connectivity index (χ0v) is 11.8. The molecule has 3 nitrogen and oxygen atoms in total. The summed E-state index contributed by atoms with van der Waals surface area (Å²) in [6.07, 6.45) is 2.76. The van der Waals surface area contributed by atoms with Crippen LogP contribution in [-0.2, 0) is 4.79 Å². The number of aliphatic carboxylic acids is 1. The predicted molar refractivity (Wildman–Crippen MR) is 80.5 cm³/mol. The highest BCUT2D eigenvalue weighted by Crippen LogP contribution is 2.22. The lowest BCUT2D eigenvalue weighted by Crippen LogP contribution is -2.25. The van der Waals surface area contributed by atoms with E-state index in [1.165, 1.54) is 0 Å². The van der Waals surface area contributed by atoms with Gasteiger partial charge in [-0.15, -0.1) is 0 Å². The molecular weight excluding hydrogens is 238 g/mol. The van der Waals surface area contributed by atoms with Gasteiger partial charge >= 0.3 is 5.97 Å². The van der Waals surface area contributed by atoms with Crippen LogP contribution in [-0.4, -0.2) is 24.2 Å². The van der Waals surface area contributed by atoms with Crippen molar-refractivity contribution in [3.05, 3.63) is 47.6 Å². The smallest absolute Gasteiger partial charge is 0.328 e. The van der Waals surface area contributed by atoms with Crippen LogP contribution in [0.1, 0.15) is 25.0 Å². The van der Waals surface area contributed by atoms with Gasteiger partial charge in [0.1, 0.15) is 0 Å². The number of carboxylic acids is 1. The molecule has 0 atom stereocenters. The van der Waals surface area contributed by atoms with Gasteiger partial charge in [-0.05, 0) is 50.1 Å². The molecule has 0 radical (unpaired) electrons. The monoisotopic (exact) mass is 259 g/mol. The van der Waals surface area contributed by atoms with Crippen LogP contribution < -0.4 is 4.90 Å². The number of hydrogen-bond acceptors (Lipinski definition) is 2. The Morgan fingerprint density at radius 1 is 1.47 bits per heavy atom. The number of carboxylic acid groups (broad SMARTS) is 1. The average molecular weight is 259 g/mol. The molecule has 1 N–H and O–H groups in total. The Morgan fingerprint density at radius 3 is 2.63 bits per heavy atom. The second-order valence-corrected chi connectivity index (χ2v) is 4.69. The van der Waals surface area contributed by atoms with Gasteiger partial charge in [-0.2, -0.15) is 0 Å². The molecule has 102 valence electrons. The van der Waals surface area contributed by atoms with Crippen molar-refractivity contribution in [2.24, 2.45) is 0 Å². The summed E-state index contributed by atoms with van der Waals surface area (Å²) >= 11 is 0. The van der Waals surface area contributed by atoms with Crippen LogP contribution in [0.4, 0.5) is 5.69 Å². The second kappa shape index (κ2) is 6.78. The summed E-state index contributed by atoms with van der Waals surface area (Å²) in [4.78, 5) is 12.7. The van der Waals surface area contributed by atoms with Crippen LogP contribution in [0.3, 0.4) is 0 Å². The Morgan fingerprint density at radius 2 is 2.16 bits per heavy atom. The summed E-state index contributed by atoms with van der Waals surface area (Å²) in [7, 11) is 0. The molecule has 0 unspecified atom stereocenters. The van der Waals surface area contributed by atoms with E-state index in [0.29, 0.717) is 0 Å². The van der Waals surface area contributed by atoms with Gasteiger partial charge in [-0.3, -0.25) is 0 Å². The van der Waals surface area contributed by atoms with Crippen LogP contribution in [0, 0.1) is 6.92 Å². The highest BCUT2D eigenvalue weighted by atomic mass is 16.4. The fraction of sp³-hybridized carbons (Fsp3) is 0.312. The quantitative estimate of drug-likeness (QED) is 0.628. The molecule has 1 aromatic carbocycles. The maximum absolute atomic E-state index is 10.5. The number of likely N-dealkylation sites (N-methyl/N-ethyl adjacent to an activating group) is 1. The van der Waals surface area contributed by atoms with Crippen LogP contribution >= 0.6 is 0 Å². The zero-order chi connectivity index (χ0) is 14.4. The minimum atomic E-state index is -0.931. The van der Waals surface area contributed by atoms with Crippen molar-refractivity contribution in [3.63, 3.8) is 0 Å². The largest absolute Gasteiger partial charge is 0.478 e. The first-order chi connectivity index (χ1) is 8.93. The summed E-state index contributed by atoms with van der Waals surface area (Å²) in [5.41, 5.74) is 4.32. The number of aryl methyl sites for hydroxylation is 1. The minimum Gasteiger partial charge on any atom is -0.478 e. The normalized spacial score (nSPS) is 10.7. The predicted octanol–water partition coefficient (Wildman–Crippen LogP) is 3.50. The average Bonchev–Trinajstić information content (AvgIpc) is 2.33. The molecule has 1 rings (SSSR count). The molecule has 19 heavy (non-hydrogen) atoms. The fourth-order valence-electron chi connectivity index (χ4n) is 2.00. The van der Waals surface area contributed by atoms with Crippen molar-refractivity contribution in [1.82, 2.24) is 0 Å². The molecule has 0 aliphatic heterocycles. The molecule has 3 heteroatoms. The number of nitrogens with zero attached hydrogens (tertiary/aromatic N) is 1. The van der Waals surface area contributed by atoms with Crippen LogP contribution in [0.15, 0.2) is 36.4 Å². The summed E-state index contributed by atoms with van der Waals surface area (Å²) in [5.74, 6) is -0.931. The summed E-state index contributed by atoms with van der Waals surface area (Å²) < 4.78 is 0. The number of anilines is 1. The maximum atomic E-state index is 10.5. The van der Waals surface area contributed by atoms with Crippen LogP contribution in [0.25, 0.3) is 6.08 Å². The first-order valence-electron chi connectivity index (χ1n) is 6.35. The van der Waals surface area contributed by atoms with Crippen molar-refractivity contribution < 1.29 is 9.90 Å². The number of carbonyl (C=O) groups is 1. The summed E-state index contributed by atoms with van der Waals surface area (Å²) in [6.45, 7) is 11.9. The van der Waals surface area contributed by atoms with Gasteiger partial charge in [-0.1, -0.05) is 18.2 Å². The standard InChI is InChI=1S/C16H21NO2/c1-5-17(11-12(2)3)15-8-6-14(10-13(15)4)7-9-16(18)19/h6-10H,2,5,11H2,1,3-4H3,(H,18,19). The number of hydrogen-bond donors (Lipinski definition) is 1. The minimum absolute atomic E-state index is 0.835. The third kappa shape index (κ3) is 4.62. The Kier molecular flexibility index (Phi) is 5.37. The molecule has 0 saturated heterocycles. The lowest BCUT2D eigenvalue weighted by atomic mass is 10.1. The van der Waals surface area contributed by atoms with Crippen molar-refractivity contribution in [1.29, 1.82) is 0 Å². The highest BCUT2D eigenvalue weighted by molar-refractivity contribution is 5.85.